The minimum atomic E-state index is -0.379. The summed E-state index contributed by atoms with van der Waals surface area (Å²) in [5, 5.41) is 15.9. The first-order chi connectivity index (χ1) is 14.3. The lowest BCUT2D eigenvalue weighted by molar-refractivity contribution is -0.126. The van der Waals surface area contributed by atoms with Crippen molar-refractivity contribution in [2.24, 2.45) is 0 Å². The van der Waals surface area contributed by atoms with Crippen molar-refractivity contribution in [1.82, 2.24) is 15.6 Å². The molecule has 30 heavy (non-hydrogen) atoms. The summed E-state index contributed by atoms with van der Waals surface area (Å²) in [6.45, 7) is 1.62. The van der Waals surface area contributed by atoms with Gasteiger partial charge in [0, 0.05) is 17.6 Å². The maximum absolute atomic E-state index is 12.4. The van der Waals surface area contributed by atoms with Gasteiger partial charge in [0.2, 0.25) is 0 Å². The highest BCUT2D eigenvalue weighted by Gasteiger charge is 2.44. The Hall–Kier alpha value is -2.35. The molecule has 160 valence electrons. The van der Waals surface area contributed by atoms with Gasteiger partial charge in [0.15, 0.2) is 6.61 Å². The molecule has 1 heterocycles. The number of hydrogen-bond acceptors (Lipinski definition) is 5. The maximum atomic E-state index is 12.4. The summed E-state index contributed by atoms with van der Waals surface area (Å²) >= 11 is 11.8. The molecule has 2 amide bonds. The van der Waals surface area contributed by atoms with E-state index in [1.54, 1.807) is 36.4 Å². The molecule has 1 aromatic heterocycles. The molecule has 0 spiro atoms. The van der Waals surface area contributed by atoms with Crippen molar-refractivity contribution in [1.29, 1.82) is 0 Å². The Bertz CT molecular complexity index is 932. The van der Waals surface area contributed by atoms with Crippen molar-refractivity contribution in [2.45, 2.75) is 44.4 Å². The van der Waals surface area contributed by atoms with Gasteiger partial charge in [0.05, 0.1) is 22.3 Å². The number of pyridine rings is 1. The predicted octanol–water partition coefficient (Wildman–Crippen LogP) is 3.12. The third-order valence-electron chi connectivity index (χ3n) is 5.15. The Labute approximate surface area is 184 Å². The van der Waals surface area contributed by atoms with Crippen LogP contribution in [0.1, 0.15) is 42.4 Å². The third-order valence-corrected chi connectivity index (χ3v) is 5.89. The van der Waals surface area contributed by atoms with Crippen LogP contribution in [-0.2, 0) is 11.4 Å². The molecule has 9 heteroatoms. The Morgan fingerprint density at radius 1 is 1.23 bits per heavy atom. The van der Waals surface area contributed by atoms with E-state index in [0.29, 0.717) is 34.3 Å². The van der Waals surface area contributed by atoms with Gasteiger partial charge in [-0.25, -0.2) is 4.98 Å². The van der Waals surface area contributed by atoms with Gasteiger partial charge in [-0.1, -0.05) is 36.2 Å². The molecular weight excluding hydrogens is 429 g/mol. The second kappa shape index (κ2) is 9.64. The molecule has 0 radical (unpaired) electrons. The van der Waals surface area contributed by atoms with Crippen molar-refractivity contribution < 1.29 is 19.4 Å². The number of amides is 2. The summed E-state index contributed by atoms with van der Waals surface area (Å²) in [7, 11) is 0. The average Bonchev–Trinajstić information content (AvgIpc) is 2.72. The van der Waals surface area contributed by atoms with Crippen molar-refractivity contribution in [3.63, 3.8) is 0 Å². The van der Waals surface area contributed by atoms with Crippen molar-refractivity contribution in [2.75, 3.05) is 6.61 Å². The van der Waals surface area contributed by atoms with Gasteiger partial charge >= 0.3 is 0 Å². The smallest absolute Gasteiger partial charge is 0.270 e. The van der Waals surface area contributed by atoms with Crippen LogP contribution in [0.25, 0.3) is 0 Å². The standard InChI is InChI=1S/C21H23Cl2N3O4/c1-2-21(26-19(28)12-30-15-6-7-16(22)17(23)8-15)9-14(10-21)25-20(29)18-5-3-4-13(11-27)24-18/h3-8,14,27H,2,9-12H2,1H3,(H,25,29)(H,26,28). The number of benzene rings is 1. The monoisotopic (exact) mass is 451 g/mol. The first-order valence-corrected chi connectivity index (χ1v) is 10.4. The Morgan fingerprint density at radius 2 is 2.00 bits per heavy atom. The molecule has 2 aromatic rings. The zero-order valence-corrected chi connectivity index (χ0v) is 18.0. The first-order valence-electron chi connectivity index (χ1n) is 9.60. The molecule has 7 nitrogen and oxygen atoms in total. The van der Waals surface area contributed by atoms with E-state index in [9.17, 15) is 9.59 Å². The highest BCUT2D eigenvalue weighted by Crippen LogP contribution is 2.35. The lowest BCUT2D eigenvalue weighted by Gasteiger charge is -2.48. The lowest BCUT2D eigenvalue weighted by Crippen LogP contribution is -2.63. The minimum Gasteiger partial charge on any atom is -0.484 e. The van der Waals surface area contributed by atoms with Crippen molar-refractivity contribution >= 4 is 35.0 Å². The summed E-state index contributed by atoms with van der Waals surface area (Å²) < 4.78 is 5.48. The SMILES string of the molecule is CCC1(NC(=O)COc2ccc(Cl)c(Cl)c2)CC(NC(=O)c2cccc(CO)n2)C1. The second-order valence-corrected chi connectivity index (χ2v) is 8.11. The number of halogens is 2. The average molecular weight is 452 g/mol. The summed E-state index contributed by atoms with van der Waals surface area (Å²) in [6, 6.07) is 9.68. The number of carbonyl (C=O) groups excluding carboxylic acids is 2. The van der Waals surface area contributed by atoms with Gasteiger partial charge in [-0.3, -0.25) is 9.59 Å². The summed E-state index contributed by atoms with van der Waals surface area (Å²) in [5.74, 6) is -0.0826. The fourth-order valence-corrected chi connectivity index (χ4v) is 3.75. The molecule has 1 aliphatic rings. The predicted molar refractivity (Wildman–Crippen MR) is 114 cm³/mol. The van der Waals surface area contributed by atoms with Crippen LogP contribution in [-0.4, -0.2) is 40.1 Å². The van der Waals surface area contributed by atoms with Gasteiger partial charge in [-0.15, -0.1) is 0 Å². The topological polar surface area (TPSA) is 101 Å². The van der Waals surface area contributed by atoms with Crippen LogP contribution >= 0.6 is 23.2 Å². The second-order valence-electron chi connectivity index (χ2n) is 7.30. The van der Waals surface area contributed by atoms with E-state index in [1.807, 2.05) is 6.92 Å². The normalized spacial score (nSPS) is 20.2. The number of carbonyl (C=O) groups is 2. The number of aliphatic hydroxyl groups is 1. The number of aliphatic hydroxyl groups excluding tert-OH is 1. The fourth-order valence-electron chi connectivity index (χ4n) is 3.47. The van der Waals surface area contributed by atoms with Crippen LogP contribution in [0.4, 0.5) is 0 Å². The molecule has 0 saturated heterocycles. The Kier molecular flexibility index (Phi) is 7.18. The molecule has 0 atom stereocenters. The molecule has 1 fully saturated rings. The first kappa shape index (κ1) is 22.3. The van der Waals surface area contributed by atoms with E-state index in [1.165, 1.54) is 0 Å². The van der Waals surface area contributed by atoms with E-state index in [2.05, 4.69) is 15.6 Å². The van der Waals surface area contributed by atoms with E-state index < -0.39 is 0 Å². The van der Waals surface area contributed by atoms with Crippen LogP contribution in [0.5, 0.6) is 5.75 Å². The largest absolute Gasteiger partial charge is 0.484 e. The van der Waals surface area contributed by atoms with Crippen LogP contribution in [0, 0.1) is 0 Å². The zero-order chi connectivity index (χ0) is 21.7. The van der Waals surface area contributed by atoms with E-state index in [4.69, 9.17) is 33.0 Å². The number of ether oxygens (including phenoxy) is 1. The maximum Gasteiger partial charge on any atom is 0.270 e. The number of nitrogens with one attached hydrogen (secondary N) is 2. The summed E-state index contributed by atoms with van der Waals surface area (Å²) in [5.41, 5.74) is 0.319. The van der Waals surface area contributed by atoms with Crippen molar-refractivity contribution in [3.05, 3.63) is 57.8 Å². The van der Waals surface area contributed by atoms with Crippen LogP contribution in [0.2, 0.25) is 10.0 Å². The van der Waals surface area contributed by atoms with Crippen LogP contribution in [0.15, 0.2) is 36.4 Å². The van der Waals surface area contributed by atoms with Crippen LogP contribution in [0.3, 0.4) is 0 Å². The molecular formula is C21H23Cl2N3O4. The summed E-state index contributed by atoms with van der Waals surface area (Å²) in [4.78, 5) is 28.8. The molecule has 3 rings (SSSR count). The molecule has 1 aromatic carbocycles. The van der Waals surface area contributed by atoms with Gasteiger partial charge in [-0.05, 0) is 43.5 Å². The Balaban J connectivity index is 1.48. The highest BCUT2D eigenvalue weighted by molar-refractivity contribution is 6.42. The number of nitrogens with zero attached hydrogens (tertiary/aromatic N) is 1. The molecule has 0 aliphatic heterocycles. The fraction of sp³-hybridized carbons (Fsp3) is 0.381. The van der Waals surface area contributed by atoms with Gasteiger partial charge in [-0.2, -0.15) is 0 Å². The van der Waals surface area contributed by atoms with Gasteiger partial charge in [0.1, 0.15) is 11.4 Å². The Morgan fingerprint density at radius 3 is 2.67 bits per heavy atom. The molecule has 0 bridgehead atoms. The minimum absolute atomic E-state index is 0.0617. The van der Waals surface area contributed by atoms with Gasteiger partial charge in [0.25, 0.3) is 11.8 Å². The summed E-state index contributed by atoms with van der Waals surface area (Å²) in [6.07, 6.45) is 1.97. The van der Waals surface area contributed by atoms with E-state index in [-0.39, 0.29) is 42.3 Å². The molecule has 1 aliphatic carbocycles. The molecule has 0 unspecified atom stereocenters. The number of aromatic nitrogens is 1. The quantitative estimate of drug-likeness (QED) is 0.572. The zero-order valence-electron chi connectivity index (χ0n) is 16.5. The van der Waals surface area contributed by atoms with E-state index in [0.717, 1.165) is 6.42 Å². The molecule has 1 saturated carbocycles. The molecule has 3 N–H and O–H groups in total. The lowest BCUT2D eigenvalue weighted by atomic mass is 9.70. The number of hydrogen-bond donors (Lipinski definition) is 3. The van der Waals surface area contributed by atoms with E-state index >= 15 is 0 Å². The highest BCUT2D eigenvalue weighted by atomic mass is 35.5. The third kappa shape index (κ3) is 5.41. The number of rotatable bonds is 8. The van der Waals surface area contributed by atoms with Crippen LogP contribution < -0.4 is 15.4 Å². The van der Waals surface area contributed by atoms with Gasteiger partial charge < -0.3 is 20.5 Å². The van der Waals surface area contributed by atoms with Crippen molar-refractivity contribution in [3.8, 4) is 5.75 Å².